The summed E-state index contributed by atoms with van der Waals surface area (Å²) in [7, 11) is 0. The lowest BCUT2D eigenvalue weighted by atomic mass is 10.3. The molecule has 0 saturated carbocycles. The van der Waals surface area contributed by atoms with Gasteiger partial charge in [-0.2, -0.15) is 0 Å². The Bertz CT molecular complexity index is 561. The lowest BCUT2D eigenvalue weighted by Gasteiger charge is -2.09. The van der Waals surface area contributed by atoms with Crippen LogP contribution in [-0.4, -0.2) is 4.98 Å². The molecule has 1 heterocycles. The van der Waals surface area contributed by atoms with Crippen molar-refractivity contribution in [3.63, 3.8) is 0 Å². The summed E-state index contributed by atoms with van der Waals surface area (Å²) < 4.78 is 20.0. The van der Waals surface area contributed by atoms with E-state index in [1.54, 1.807) is 6.20 Å². The van der Waals surface area contributed by atoms with E-state index in [0.717, 1.165) is 10.2 Å². The first-order valence-corrected chi connectivity index (χ1v) is 6.62. The van der Waals surface area contributed by atoms with Crippen molar-refractivity contribution in [1.82, 2.24) is 4.98 Å². The Labute approximate surface area is 120 Å². The monoisotopic (exact) mass is 374 g/mol. The maximum Gasteiger partial charge on any atom is 0.145 e. The third-order valence-corrected chi connectivity index (χ3v) is 3.29. The first-order chi connectivity index (χ1) is 8.56. The van der Waals surface area contributed by atoms with E-state index in [1.165, 1.54) is 12.1 Å². The van der Waals surface area contributed by atoms with Gasteiger partial charge in [-0.05, 0) is 50.1 Å². The second-order valence-corrected chi connectivity index (χ2v) is 5.33. The van der Waals surface area contributed by atoms with Crippen molar-refractivity contribution < 1.29 is 9.13 Å². The van der Waals surface area contributed by atoms with Crippen LogP contribution in [0.1, 0.15) is 5.69 Å². The highest BCUT2D eigenvalue weighted by Gasteiger charge is 2.07. The number of rotatable bonds is 3. The number of anilines is 1. The normalized spacial score (nSPS) is 10.4. The van der Waals surface area contributed by atoms with E-state index in [0.29, 0.717) is 15.9 Å². The van der Waals surface area contributed by atoms with Crippen molar-refractivity contribution in [3.8, 4) is 5.75 Å². The Morgan fingerprint density at radius 2 is 2.06 bits per heavy atom. The third-order valence-electron chi connectivity index (χ3n) is 2.22. The Kier molecular flexibility index (Phi) is 4.19. The van der Waals surface area contributed by atoms with Crippen molar-refractivity contribution >= 4 is 37.5 Å². The predicted octanol–water partition coefficient (Wildman–Crippen LogP) is 3.91. The van der Waals surface area contributed by atoms with Gasteiger partial charge in [0.25, 0.3) is 0 Å². The zero-order valence-electron chi connectivity index (χ0n) is 9.16. The van der Waals surface area contributed by atoms with Gasteiger partial charge in [0.05, 0.1) is 15.9 Å². The molecule has 2 N–H and O–H groups in total. The van der Waals surface area contributed by atoms with Crippen LogP contribution in [0.3, 0.4) is 0 Å². The summed E-state index contributed by atoms with van der Waals surface area (Å²) in [6.45, 7) is 0.235. The first-order valence-electron chi connectivity index (χ1n) is 5.04. The number of halogens is 3. The average Bonchev–Trinajstić information content (AvgIpc) is 2.34. The SMILES string of the molecule is Nc1cc(Br)c(F)cc1OCc1ccc(Br)cn1. The molecule has 1 aromatic carbocycles. The molecule has 0 aliphatic rings. The summed E-state index contributed by atoms with van der Waals surface area (Å²) in [5, 5.41) is 0. The fourth-order valence-corrected chi connectivity index (χ4v) is 1.91. The highest BCUT2D eigenvalue weighted by Crippen LogP contribution is 2.28. The molecule has 18 heavy (non-hydrogen) atoms. The van der Waals surface area contributed by atoms with Crippen molar-refractivity contribution in [2.75, 3.05) is 5.73 Å². The summed E-state index contributed by atoms with van der Waals surface area (Å²) in [5.74, 6) is -0.108. The molecule has 94 valence electrons. The number of benzene rings is 1. The lowest BCUT2D eigenvalue weighted by Crippen LogP contribution is -2.01. The zero-order chi connectivity index (χ0) is 13.1. The first kappa shape index (κ1) is 13.3. The van der Waals surface area contributed by atoms with Crippen LogP contribution < -0.4 is 10.5 Å². The van der Waals surface area contributed by atoms with Crippen LogP contribution in [0.2, 0.25) is 0 Å². The molecule has 0 bridgehead atoms. The number of ether oxygens (including phenoxy) is 1. The van der Waals surface area contributed by atoms with Crippen molar-refractivity contribution in [3.05, 3.63) is 50.9 Å². The standard InChI is InChI=1S/C12H9Br2FN2O/c13-7-1-2-8(17-5-7)6-18-12-4-10(15)9(14)3-11(12)16/h1-5H,6,16H2. The molecule has 0 aliphatic carbocycles. The van der Waals surface area contributed by atoms with Crippen LogP contribution in [0, 0.1) is 5.82 Å². The number of nitrogens with zero attached hydrogens (tertiary/aromatic N) is 1. The van der Waals surface area contributed by atoms with E-state index in [-0.39, 0.29) is 6.61 Å². The van der Waals surface area contributed by atoms with Gasteiger partial charge in [0, 0.05) is 16.7 Å². The summed E-state index contributed by atoms with van der Waals surface area (Å²) in [6.07, 6.45) is 1.67. The van der Waals surface area contributed by atoms with Gasteiger partial charge in [-0.1, -0.05) is 0 Å². The van der Waals surface area contributed by atoms with Crippen LogP contribution in [0.25, 0.3) is 0 Å². The van der Waals surface area contributed by atoms with E-state index >= 15 is 0 Å². The number of hydrogen-bond donors (Lipinski definition) is 1. The molecular weight excluding hydrogens is 367 g/mol. The second kappa shape index (κ2) is 5.67. The molecule has 0 radical (unpaired) electrons. The number of nitrogens with two attached hydrogens (primary N) is 1. The average molecular weight is 376 g/mol. The molecule has 0 unspecified atom stereocenters. The molecule has 0 atom stereocenters. The van der Waals surface area contributed by atoms with Gasteiger partial charge in [0.15, 0.2) is 0 Å². The van der Waals surface area contributed by atoms with E-state index in [1.807, 2.05) is 12.1 Å². The number of nitrogen functional groups attached to an aromatic ring is 1. The fraction of sp³-hybridized carbons (Fsp3) is 0.0833. The van der Waals surface area contributed by atoms with Crippen LogP contribution >= 0.6 is 31.9 Å². The fourth-order valence-electron chi connectivity index (χ4n) is 1.31. The molecule has 0 saturated heterocycles. The minimum Gasteiger partial charge on any atom is -0.485 e. The van der Waals surface area contributed by atoms with Crippen molar-refractivity contribution in [2.24, 2.45) is 0 Å². The Hall–Kier alpha value is -1.14. The van der Waals surface area contributed by atoms with Gasteiger partial charge in [-0.3, -0.25) is 4.98 Å². The van der Waals surface area contributed by atoms with E-state index in [9.17, 15) is 4.39 Å². The molecule has 0 aliphatic heterocycles. The molecule has 3 nitrogen and oxygen atoms in total. The van der Waals surface area contributed by atoms with Gasteiger partial charge >= 0.3 is 0 Å². The highest BCUT2D eigenvalue weighted by atomic mass is 79.9. The van der Waals surface area contributed by atoms with Gasteiger partial charge in [-0.15, -0.1) is 0 Å². The minimum absolute atomic E-state index is 0.235. The zero-order valence-corrected chi connectivity index (χ0v) is 12.3. The van der Waals surface area contributed by atoms with Crippen LogP contribution in [0.5, 0.6) is 5.75 Å². The van der Waals surface area contributed by atoms with Gasteiger partial charge in [0.1, 0.15) is 18.2 Å². The van der Waals surface area contributed by atoms with Crippen molar-refractivity contribution in [2.45, 2.75) is 6.61 Å². The summed E-state index contributed by atoms with van der Waals surface area (Å²) in [6, 6.07) is 6.39. The quantitative estimate of drug-likeness (QED) is 0.827. The molecule has 6 heteroatoms. The largest absolute Gasteiger partial charge is 0.485 e. The third kappa shape index (κ3) is 3.20. The molecule has 1 aromatic heterocycles. The molecule has 0 fully saturated rings. The number of pyridine rings is 1. The molecule has 2 rings (SSSR count). The Morgan fingerprint density at radius 1 is 1.28 bits per heavy atom. The summed E-state index contributed by atoms with van der Waals surface area (Å²) >= 11 is 6.35. The number of hydrogen-bond acceptors (Lipinski definition) is 3. The molecule has 0 spiro atoms. The Balaban J connectivity index is 2.10. The number of aromatic nitrogens is 1. The van der Waals surface area contributed by atoms with Gasteiger partial charge in [0.2, 0.25) is 0 Å². The Morgan fingerprint density at radius 3 is 2.72 bits per heavy atom. The second-order valence-electron chi connectivity index (χ2n) is 3.56. The smallest absolute Gasteiger partial charge is 0.145 e. The topological polar surface area (TPSA) is 48.1 Å². The summed E-state index contributed by atoms with van der Waals surface area (Å²) in [4.78, 5) is 4.15. The molecule has 2 aromatic rings. The van der Waals surface area contributed by atoms with Gasteiger partial charge < -0.3 is 10.5 Å². The lowest BCUT2D eigenvalue weighted by molar-refractivity contribution is 0.301. The minimum atomic E-state index is -0.414. The van der Waals surface area contributed by atoms with E-state index in [4.69, 9.17) is 10.5 Å². The van der Waals surface area contributed by atoms with Crippen LogP contribution in [0.15, 0.2) is 39.4 Å². The highest BCUT2D eigenvalue weighted by molar-refractivity contribution is 9.10. The van der Waals surface area contributed by atoms with E-state index in [2.05, 4.69) is 36.8 Å². The molecule has 0 amide bonds. The summed E-state index contributed by atoms with van der Waals surface area (Å²) in [5.41, 5.74) is 6.84. The van der Waals surface area contributed by atoms with E-state index < -0.39 is 5.82 Å². The van der Waals surface area contributed by atoms with Crippen LogP contribution in [-0.2, 0) is 6.61 Å². The van der Waals surface area contributed by atoms with Gasteiger partial charge in [-0.25, -0.2) is 4.39 Å². The maximum absolute atomic E-state index is 13.3. The van der Waals surface area contributed by atoms with Crippen molar-refractivity contribution in [1.29, 1.82) is 0 Å². The predicted molar refractivity (Wildman–Crippen MR) is 74.8 cm³/mol. The maximum atomic E-state index is 13.3. The molecular formula is C12H9Br2FN2O. The van der Waals surface area contributed by atoms with Crippen LogP contribution in [0.4, 0.5) is 10.1 Å².